The van der Waals surface area contributed by atoms with Gasteiger partial charge in [0.25, 0.3) is 5.91 Å². The number of carboxylic acid groups (broad SMARTS) is 1. The minimum absolute atomic E-state index is 0.0119. The van der Waals surface area contributed by atoms with Gasteiger partial charge in [0.05, 0.1) is 17.9 Å². The summed E-state index contributed by atoms with van der Waals surface area (Å²) in [6, 6.07) is 6.42. The van der Waals surface area contributed by atoms with E-state index in [-0.39, 0.29) is 30.4 Å². The molecule has 2 amide bonds. The number of allylic oxidation sites excluding steroid dienone is 2. The van der Waals surface area contributed by atoms with E-state index in [1.807, 2.05) is 31.2 Å². The number of aromatic nitrogens is 1. The Morgan fingerprint density at radius 3 is 2.62 bits per heavy atom. The smallest absolute Gasteiger partial charge is 0.326 e. The van der Waals surface area contributed by atoms with Gasteiger partial charge in [0.2, 0.25) is 5.91 Å². The molecule has 3 fully saturated rings. The zero-order valence-corrected chi connectivity index (χ0v) is 26.5. The van der Waals surface area contributed by atoms with Crippen molar-refractivity contribution < 1.29 is 29.4 Å². The Morgan fingerprint density at radius 1 is 1.04 bits per heavy atom. The lowest BCUT2D eigenvalue weighted by molar-refractivity contribution is -0.141. The molecule has 0 spiro atoms. The van der Waals surface area contributed by atoms with Crippen LogP contribution < -0.4 is 10.6 Å². The number of hydrogen-bond acceptors (Lipinski definition) is 6. The van der Waals surface area contributed by atoms with Crippen molar-refractivity contribution in [3.05, 3.63) is 47.7 Å². The van der Waals surface area contributed by atoms with Crippen molar-refractivity contribution in [2.75, 3.05) is 13.2 Å². The van der Waals surface area contributed by atoms with Crippen LogP contribution in [0.25, 0.3) is 10.9 Å². The van der Waals surface area contributed by atoms with E-state index in [4.69, 9.17) is 4.84 Å². The number of para-hydroxylation sites is 1. The molecule has 1 aromatic heterocycles. The van der Waals surface area contributed by atoms with Gasteiger partial charge in [-0.15, -0.1) is 0 Å². The summed E-state index contributed by atoms with van der Waals surface area (Å²) in [5.41, 5.74) is 3.50. The van der Waals surface area contributed by atoms with Crippen LogP contribution in [0.3, 0.4) is 0 Å². The Hall–Kier alpha value is -3.66. The van der Waals surface area contributed by atoms with E-state index in [0.717, 1.165) is 73.5 Å². The van der Waals surface area contributed by atoms with Crippen molar-refractivity contribution in [1.82, 2.24) is 15.6 Å². The highest BCUT2D eigenvalue weighted by atomic mass is 16.6. The van der Waals surface area contributed by atoms with Crippen molar-refractivity contribution >= 4 is 34.4 Å². The summed E-state index contributed by atoms with van der Waals surface area (Å²) in [5, 5.41) is 31.0. The number of benzene rings is 1. The number of hydrogen-bond donors (Lipinski definition) is 5. The molecule has 0 unspecified atom stereocenters. The largest absolute Gasteiger partial charge is 0.480 e. The van der Waals surface area contributed by atoms with Crippen LogP contribution in [0.5, 0.6) is 0 Å². The minimum atomic E-state index is -1.15. The first-order chi connectivity index (χ1) is 21.4. The van der Waals surface area contributed by atoms with Crippen molar-refractivity contribution in [1.29, 1.82) is 0 Å². The highest BCUT2D eigenvalue weighted by Crippen LogP contribution is 2.67. The van der Waals surface area contributed by atoms with E-state index in [0.29, 0.717) is 17.8 Å². The van der Waals surface area contributed by atoms with Crippen molar-refractivity contribution in [2.45, 2.75) is 90.2 Å². The van der Waals surface area contributed by atoms with Crippen LogP contribution in [0.1, 0.15) is 77.7 Å². The van der Waals surface area contributed by atoms with E-state index < -0.39 is 29.4 Å². The number of oxime groups is 1. The molecular weight excluding hydrogens is 572 g/mol. The molecule has 2 aromatic rings. The Bertz CT molecular complexity index is 1540. The van der Waals surface area contributed by atoms with Gasteiger partial charge in [-0.1, -0.05) is 42.8 Å². The first-order valence-electron chi connectivity index (χ1n) is 16.4. The number of carbonyl (C=O) groups is 3. The molecular formula is C35H46N4O6. The summed E-state index contributed by atoms with van der Waals surface area (Å²) < 4.78 is 0. The maximum atomic E-state index is 12.5. The second-order valence-corrected chi connectivity index (χ2v) is 14.4. The highest BCUT2D eigenvalue weighted by molar-refractivity contribution is 5.96. The van der Waals surface area contributed by atoms with Gasteiger partial charge in [-0.05, 0) is 105 Å². The highest BCUT2D eigenvalue weighted by Gasteiger charge is 2.62. The normalized spacial score (nSPS) is 33.8. The molecule has 4 aliphatic carbocycles. The Kier molecular flexibility index (Phi) is 8.31. The molecule has 0 saturated heterocycles. The van der Waals surface area contributed by atoms with Crippen LogP contribution in [0.4, 0.5) is 0 Å². The number of nitrogens with one attached hydrogen (secondary N) is 3. The Labute approximate surface area is 264 Å². The van der Waals surface area contributed by atoms with Crippen LogP contribution in [0, 0.1) is 28.6 Å². The summed E-state index contributed by atoms with van der Waals surface area (Å²) in [4.78, 5) is 45.2. The monoisotopic (exact) mass is 618 g/mol. The van der Waals surface area contributed by atoms with Gasteiger partial charge < -0.3 is 30.7 Å². The van der Waals surface area contributed by atoms with Gasteiger partial charge >= 0.3 is 5.97 Å². The number of H-pyrrole nitrogens is 1. The van der Waals surface area contributed by atoms with Crippen LogP contribution in [-0.4, -0.2) is 63.5 Å². The van der Waals surface area contributed by atoms with Crippen molar-refractivity contribution in [2.24, 2.45) is 33.7 Å². The molecule has 1 heterocycles. The van der Waals surface area contributed by atoms with Crippen LogP contribution in [0.15, 0.2) is 47.3 Å². The lowest BCUT2D eigenvalue weighted by Gasteiger charge is -2.59. The third-order valence-corrected chi connectivity index (χ3v) is 12.1. The van der Waals surface area contributed by atoms with Gasteiger partial charge in [0.1, 0.15) is 6.04 Å². The number of aliphatic hydroxyl groups is 1. The number of nitrogens with zero attached hydrogens (tertiary/aromatic N) is 1. The van der Waals surface area contributed by atoms with E-state index in [1.165, 1.54) is 5.57 Å². The van der Waals surface area contributed by atoms with Gasteiger partial charge in [-0.25, -0.2) is 4.79 Å². The maximum Gasteiger partial charge on any atom is 0.326 e. The van der Waals surface area contributed by atoms with Crippen LogP contribution in [0.2, 0.25) is 0 Å². The fraction of sp³-hybridized carbons (Fsp3) is 0.600. The molecule has 45 heavy (non-hydrogen) atoms. The second kappa shape index (κ2) is 11.9. The fourth-order valence-corrected chi connectivity index (χ4v) is 9.26. The third-order valence-electron chi connectivity index (χ3n) is 12.1. The molecule has 3 saturated carbocycles. The number of rotatable bonds is 9. The molecule has 6 rings (SSSR count). The molecule has 0 aliphatic heterocycles. The van der Waals surface area contributed by atoms with Crippen LogP contribution in [-0.2, 0) is 25.6 Å². The number of amides is 2. The number of fused-ring (bicyclic) bond motifs is 6. The number of aromatic amines is 1. The van der Waals surface area contributed by atoms with E-state index in [1.54, 1.807) is 6.20 Å². The maximum absolute atomic E-state index is 12.5. The van der Waals surface area contributed by atoms with Gasteiger partial charge in [0, 0.05) is 23.5 Å². The first-order valence-corrected chi connectivity index (χ1v) is 16.4. The fourth-order valence-electron chi connectivity index (χ4n) is 9.26. The summed E-state index contributed by atoms with van der Waals surface area (Å²) in [6.07, 6.45) is 12.2. The summed E-state index contributed by atoms with van der Waals surface area (Å²) in [6.45, 7) is 6.08. The van der Waals surface area contributed by atoms with E-state index in [2.05, 4.69) is 40.7 Å². The average molecular weight is 619 g/mol. The lowest BCUT2D eigenvalue weighted by atomic mass is 9.46. The summed E-state index contributed by atoms with van der Waals surface area (Å²) >= 11 is 0. The summed E-state index contributed by atoms with van der Waals surface area (Å²) in [7, 11) is 0. The van der Waals surface area contributed by atoms with Gasteiger partial charge in [0.15, 0.2) is 6.61 Å². The van der Waals surface area contributed by atoms with Gasteiger partial charge in [-0.2, -0.15) is 0 Å². The van der Waals surface area contributed by atoms with Crippen molar-refractivity contribution in [3.8, 4) is 0 Å². The Balaban J connectivity index is 0.982. The molecule has 1 aromatic carbocycles. The molecule has 7 atom stereocenters. The lowest BCUT2D eigenvalue weighted by Crippen LogP contribution is -2.53. The Morgan fingerprint density at radius 2 is 1.82 bits per heavy atom. The molecule has 0 bridgehead atoms. The number of aliphatic carboxylic acids is 1. The molecule has 4 aliphatic rings. The summed E-state index contributed by atoms with van der Waals surface area (Å²) in [5.74, 6) is -0.415. The molecule has 10 nitrogen and oxygen atoms in total. The average Bonchev–Trinajstić information content (AvgIpc) is 3.52. The predicted molar refractivity (Wildman–Crippen MR) is 170 cm³/mol. The number of carbonyl (C=O) groups excluding carboxylic acids is 2. The van der Waals surface area contributed by atoms with Crippen molar-refractivity contribution in [3.63, 3.8) is 0 Å². The van der Waals surface area contributed by atoms with E-state index >= 15 is 0 Å². The first kappa shape index (κ1) is 31.3. The topological polar surface area (TPSA) is 153 Å². The van der Waals surface area contributed by atoms with E-state index in [9.17, 15) is 24.6 Å². The predicted octanol–water partition coefficient (Wildman–Crippen LogP) is 4.48. The minimum Gasteiger partial charge on any atom is -0.480 e. The van der Waals surface area contributed by atoms with Gasteiger partial charge in [-0.3, -0.25) is 9.59 Å². The molecule has 242 valence electrons. The van der Waals surface area contributed by atoms with Crippen LogP contribution >= 0.6 is 0 Å². The zero-order valence-electron chi connectivity index (χ0n) is 26.5. The second-order valence-electron chi connectivity index (χ2n) is 14.4. The zero-order chi connectivity index (χ0) is 32.0. The SMILES string of the molecule is C[C@]12CCC(=NOCC(=O)NCC(=O)N[C@@H](Cc3c[nH]c4ccccc34)C(=O)O)C=C1CC[C@@H]1[C@H]2CC[C@@]2(C)[C@@H]1CC[C@]2(C)O. The number of carboxylic acids is 1. The molecule has 10 heteroatoms. The molecule has 5 N–H and O–H groups in total. The standard InChI is InChI=1S/C35H46N4O6/c1-33-13-10-23(17-22(33)8-9-25-26(33)11-14-34(2)27(25)12-15-35(34,3)44)39-45-20-31(41)37-19-30(40)38-29(32(42)43)16-21-18-36-28-7-5-4-6-24(21)28/h4-7,17-18,25-27,29,36,44H,8-16,19-20H2,1-3H3,(H,37,41)(H,38,40)(H,42,43)/t25-,26-,27-,29+,33+,34+,35+/m1/s1. The molecule has 0 radical (unpaired) electrons. The quantitative estimate of drug-likeness (QED) is 0.261. The third kappa shape index (κ3) is 5.77.